The largest absolute Gasteiger partial charge is 0.480 e. The molecule has 0 radical (unpaired) electrons. The maximum Gasteiger partial charge on any atom is 0.325 e. The van der Waals surface area contributed by atoms with Crippen LogP contribution in [0.5, 0.6) is 0 Å². The van der Waals surface area contributed by atoms with Gasteiger partial charge in [-0.25, -0.2) is 4.98 Å². The van der Waals surface area contributed by atoms with Crippen LogP contribution >= 0.6 is 11.8 Å². The Morgan fingerprint density at radius 1 is 1.52 bits per heavy atom. The number of carboxylic acids is 1. The Labute approximate surface area is 127 Å². The van der Waals surface area contributed by atoms with E-state index >= 15 is 0 Å². The molecule has 21 heavy (non-hydrogen) atoms. The minimum atomic E-state index is -0.835. The van der Waals surface area contributed by atoms with Gasteiger partial charge in [-0.05, 0) is 37.4 Å². The number of nitrogens with zero attached hydrogens (tertiary/aromatic N) is 1. The Balaban J connectivity index is 1.78. The average Bonchev–Trinajstić information content (AvgIpc) is 3.23. The number of imidazole rings is 1. The summed E-state index contributed by atoms with van der Waals surface area (Å²) in [5.74, 6) is -0.0389. The normalized spacial score (nSPS) is 17.8. The van der Waals surface area contributed by atoms with Crippen LogP contribution in [0.2, 0.25) is 0 Å². The molecule has 0 spiro atoms. The van der Waals surface area contributed by atoms with Gasteiger partial charge in [-0.1, -0.05) is 30.8 Å². The Bertz CT molecular complexity index is 620. The lowest BCUT2D eigenvalue weighted by atomic mass is 9.96. The SMILES string of the molecule is CCNC(CSc1nc2ccccc2[nH]1)(C(=O)O)C1CC1. The number of rotatable bonds is 7. The summed E-state index contributed by atoms with van der Waals surface area (Å²) in [6.45, 7) is 2.61. The zero-order chi connectivity index (χ0) is 14.9. The van der Waals surface area contributed by atoms with Crippen molar-refractivity contribution in [1.82, 2.24) is 15.3 Å². The quantitative estimate of drug-likeness (QED) is 0.685. The number of aromatic nitrogens is 2. The van der Waals surface area contributed by atoms with Crippen molar-refractivity contribution in [3.63, 3.8) is 0 Å². The maximum absolute atomic E-state index is 11.8. The highest BCUT2D eigenvalue weighted by molar-refractivity contribution is 7.99. The van der Waals surface area contributed by atoms with E-state index in [2.05, 4.69) is 15.3 Å². The van der Waals surface area contributed by atoms with Crippen molar-refractivity contribution >= 4 is 28.8 Å². The molecule has 2 aromatic rings. The summed E-state index contributed by atoms with van der Waals surface area (Å²) in [5.41, 5.74) is 1.06. The molecule has 0 amide bonds. The maximum atomic E-state index is 11.8. The van der Waals surface area contributed by atoms with Gasteiger partial charge in [0.2, 0.25) is 0 Å². The van der Waals surface area contributed by atoms with Crippen molar-refractivity contribution in [2.45, 2.75) is 30.5 Å². The molecule has 3 N–H and O–H groups in total. The predicted octanol–water partition coefficient (Wildman–Crippen LogP) is 2.50. The number of nitrogens with one attached hydrogen (secondary N) is 2. The van der Waals surface area contributed by atoms with Gasteiger partial charge in [0.25, 0.3) is 0 Å². The molecular weight excluding hydrogens is 286 g/mol. The highest BCUT2D eigenvalue weighted by Gasteiger charge is 2.50. The zero-order valence-electron chi connectivity index (χ0n) is 11.9. The monoisotopic (exact) mass is 305 g/mol. The number of carboxylic acid groups (broad SMARTS) is 1. The van der Waals surface area contributed by atoms with Crippen LogP contribution < -0.4 is 5.32 Å². The second kappa shape index (κ2) is 5.69. The van der Waals surface area contributed by atoms with Crippen molar-refractivity contribution in [1.29, 1.82) is 0 Å². The molecule has 5 nitrogen and oxygen atoms in total. The standard InChI is InChI=1S/C15H19N3O2S/c1-2-16-15(13(19)20,10-7-8-10)9-21-14-17-11-5-3-4-6-12(11)18-14/h3-6,10,16H,2,7-9H2,1H3,(H,17,18)(H,19,20). The third-order valence-electron chi connectivity index (χ3n) is 3.95. The molecule has 0 bridgehead atoms. The topological polar surface area (TPSA) is 78.0 Å². The highest BCUT2D eigenvalue weighted by Crippen LogP contribution is 2.42. The number of fused-ring (bicyclic) bond motifs is 1. The van der Waals surface area contributed by atoms with Gasteiger partial charge in [0.1, 0.15) is 5.54 Å². The first-order valence-corrected chi connectivity index (χ1v) is 8.20. The fraction of sp³-hybridized carbons (Fsp3) is 0.467. The number of aliphatic carboxylic acids is 1. The van der Waals surface area contributed by atoms with Gasteiger partial charge < -0.3 is 15.4 Å². The van der Waals surface area contributed by atoms with Gasteiger partial charge in [-0.15, -0.1) is 0 Å². The van der Waals surface area contributed by atoms with Gasteiger partial charge in [0.05, 0.1) is 11.0 Å². The van der Waals surface area contributed by atoms with Gasteiger partial charge in [0.15, 0.2) is 5.16 Å². The summed E-state index contributed by atoms with van der Waals surface area (Å²) < 4.78 is 0. The van der Waals surface area contributed by atoms with E-state index < -0.39 is 11.5 Å². The van der Waals surface area contributed by atoms with Crippen molar-refractivity contribution in [3.05, 3.63) is 24.3 Å². The number of benzene rings is 1. The highest BCUT2D eigenvalue weighted by atomic mass is 32.2. The smallest absolute Gasteiger partial charge is 0.325 e. The summed E-state index contributed by atoms with van der Waals surface area (Å²) in [5, 5.41) is 13.7. The molecule has 1 aromatic heterocycles. The lowest BCUT2D eigenvalue weighted by molar-refractivity contribution is -0.144. The van der Waals surface area contributed by atoms with Crippen LogP contribution in [-0.2, 0) is 4.79 Å². The molecule has 3 rings (SSSR count). The van der Waals surface area contributed by atoms with Crippen LogP contribution in [0.3, 0.4) is 0 Å². The second-order valence-corrected chi connectivity index (χ2v) is 6.39. The average molecular weight is 305 g/mol. The van der Waals surface area contributed by atoms with Crippen molar-refractivity contribution in [2.24, 2.45) is 5.92 Å². The predicted molar refractivity (Wildman–Crippen MR) is 83.6 cm³/mol. The molecule has 112 valence electrons. The summed E-state index contributed by atoms with van der Waals surface area (Å²) in [7, 11) is 0. The Morgan fingerprint density at radius 3 is 2.90 bits per heavy atom. The van der Waals surface area contributed by atoms with Gasteiger partial charge in [0, 0.05) is 5.75 Å². The van der Waals surface area contributed by atoms with E-state index in [1.165, 1.54) is 11.8 Å². The first-order valence-electron chi connectivity index (χ1n) is 7.21. The molecule has 1 aliphatic carbocycles. The number of hydrogen-bond donors (Lipinski definition) is 3. The lowest BCUT2D eigenvalue weighted by Gasteiger charge is -2.29. The summed E-state index contributed by atoms with van der Waals surface area (Å²) >= 11 is 1.48. The van der Waals surface area contributed by atoms with Gasteiger partial charge in [-0.2, -0.15) is 0 Å². The van der Waals surface area contributed by atoms with E-state index in [-0.39, 0.29) is 5.92 Å². The number of hydrogen-bond acceptors (Lipinski definition) is 4. The molecule has 1 fully saturated rings. The minimum Gasteiger partial charge on any atom is -0.480 e. The number of thioether (sulfide) groups is 1. The third-order valence-corrected chi connectivity index (χ3v) is 5.02. The summed E-state index contributed by atoms with van der Waals surface area (Å²) in [4.78, 5) is 19.5. The van der Waals surface area contributed by atoms with Gasteiger partial charge >= 0.3 is 5.97 Å². The fourth-order valence-corrected chi connectivity index (χ4v) is 3.87. The van der Waals surface area contributed by atoms with E-state index in [4.69, 9.17) is 0 Å². The third kappa shape index (κ3) is 2.78. The molecule has 1 heterocycles. The van der Waals surface area contributed by atoms with Crippen molar-refractivity contribution < 1.29 is 9.90 Å². The Kier molecular flexibility index (Phi) is 3.91. The second-order valence-electron chi connectivity index (χ2n) is 5.43. The van der Waals surface area contributed by atoms with Gasteiger partial charge in [-0.3, -0.25) is 4.79 Å². The molecule has 1 saturated carbocycles. The van der Waals surface area contributed by atoms with Crippen LogP contribution in [0.4, 0.5) is 0 Å². The fourth-order valence-electron chi connectivity index (χ4n) is 2.70. The van der Waals surface area contributed by atoms with E-state index in [9.17, 15) is 9.90 Å². The lowest BCUT2D eigenvalue weighted by Crippen LogP contribution is -2.56. The molecule has 1 aliphatic rings. The van der Waals surface area contributed by atoms with Crippen LogP contribution in [0.25, 0.3) is 11.0 Å². The number of carbonyl (C=O) groups is 1. The first kappa shape index (κ1) is 14.4. The number of aromatic amines is 1. The van der Waals surface area contributed by atoms with E-state index in [1.807, 2.05) is 31.2 Å². The molecule has 0 aliphatic heterocycles. The Morgan fingerprint density at radius 2 is 2.29 bits per heavy atom. The molecular formula is C15H19N3O2S. The summed E-state index contributed by atoms with van der Waals surface area (Å²) in [6.07, 6.45) is 1.97. The Hall–Kier alpha value is -1.53. The molecule has 1 aromatic carbocycles. The number of H-pyrrole nitrogens is 1. The van der Waals surface area contributed by atoms with E-state index in [0.717, 1.165) is 29.0 Å². The van der Waals surface area contributed by atoms with E-state index in [1.54, 1.807) is 0 Å². The van der Waals surface area contributed by atoms with Crippen molar-refractivity contribution in [3.8, 4) is 0 Å². The van der Waals surface area contributed by atoms with Crippen LogP contribution in [0.1, 0.15) is 19.8 Å². The zero-order valence-corrected chi connectivity index (χ0v) is 12.7. The number of para-hydroxylation sites is 2. The number of likely N-dealkylation sites (N-methyl/N-ethyl adjacent to an activating group) is 1. The molecule has 6 heteroatoms. The first-order chi connectivity index (χ1) is 10.2. The van der Waals surface area contributed by atoms with Crippen LogP contribution in [0.15, 0.2) is 29.4 Å². The molecule has 0 saturated heterocycles. The molecule has 1 atom stereocenters. The van der Waals surface area contributed by atoms with Crippen LogP contribution in [-0.4, -0.2) is 38.9 Å². The van der Waals surface area contributed by atoms with Crippen LogP contribution in [0, 0.1) is 5.92 Å². The minimum absolute atomic E-state index is 0.229. The molecule has 1 unspecified atom stereocenters. The summed E-state index contributed by atoms with van der Waals surface area (Å²) in [6, 6.07) is 7.83. The van der Waals surface area contributed by atoms with Crippen molar-refractivity contribution in [2.75, 3.05) is 12.3 Å². The van der Waals surface area contributed by atoms with E-state index in [0.29, 0.717) is 12.3 Å².